The van der Waals surface area contributed by atoms with E-state index in [2.05, 4.69) is 9.72 Å². The highest BCUT2D eigenvalue weighted by Crippen LogP contribution is 2.31. The summed E-state index contributed by atoms with van der Waals surface area (Å²) in [6, 6.07) is 2.29. The third-order valence-corrected chi connectivity index (χ3v) is 1.70. The normalized spacial score (nSPS) is 9.94. The van der Waals surface area contributed by atoms with E-state index in [-0.39, 0.29) is 5.56 Å². The second-order valence-corrected chi connectivity index (χ2v) is 2.62. The number of nitrogens with zero attached hydrogens (tertiary/aromatic N) is 3. The lowest BCUT2D eigenvalue weighted by Gasteiger charge is -2.04. The zero-order valence-corrected chi connectivity index (χ0v) is 7.98. The summed E-state index contributed by atoms with van der Waals surface area (Å²) in [7, 11) is 1.09. The van der Waals surface area contributed by atoms with Gasteiger partial charge in [-0.3, -0.25) is 0 Å². The van der Waals surface area contributed by atoms with E-state index in [1.54, 1.807) is 0 Å². The molecular formula is C8H5F2N3O3. The summed E-state index contributed by atoms with van der Waals surface area (Å²) in [6.07, 6.45) is -2.99. The van der Waals surface area contributed by atoms with Crippen LogP contribution in [0.2, 0.25) is 0 Å². The summed E-state index contributed by atoms with van der Waals surface area (Å²) >= 11 is 0. The largest absolute Gasteiger partial charge is 0.488 e. The molecule has 0 fully saturated rings. The second kappa shape index (κ2) is 4.48. The van der Waals surface area contributed by atoms with Crippen LogP contribution in [0.25, 0.3) is 0 Å². The number of pyridine rings is 1. The standard InChI is InChI=1S/C8H5F2N3O3/c1-16-6-4(3-11)2-5(7(9)10)12-8(6)13(14)15/h2,7H,1H3. The van der Waals surface area contributed by atoms with Crippen LogP contribution in [0.3, 0.4) is 0 Å². The lowest BCUT2D eigenvalue weighted by molar-refractivity contribution is -0.390. The van der Waals surface area contributed by atoms with Gasteiger partial charge in [0.15, 0.2) is 0 Å². The van der Waals surface area contributed by atoms with Crippen LogP contribution in [-0.2, 0) is 0 Å². The molecule has 0 radical (unpaired) electrons. The van der Waals surface area contributed by atoms with Crippen LogP contribution in [0, 0.1) is 21.4 Å². The average molecular weight is 229 g/mol. The molecule has 1 rings (SSSR count). The van der Waals surface area contributed by atoms with Gasteiger partial charge in [0.2, 0.25) is 11.4 Å². The number of nitriles is 1. The molecule has 0 N–H and O–H groups in total. The Morgan fingerprint density at radius 1 is 1.69 bits per heavy atom. The number of hydrogen-bond donors (Lipinski definition) is 0. The first kappa shape index (κ1) is 11.8. The molecule has 0 bridgehead atoms. The molecule has 0 saturated heterocycles. The highest BCUT2D eigenvalue weighted by molar-refractivity contribution is 5.53. The number of hydrogen-bond acceptors (Lipinski definition) is 5. The van der Waals surface area contributed by atoms with Crippen LogP contribution < -0.4 is 4.74 Å². The van der Waals surface area contributed by atoms with Crippen molar-refractivity contribution in [1.82, 2.24) is 4.98 Å². The van der Waals surface area contributed by atoms with Gasteiger partial charge in [0.05, 0.1) is 7.11 Å². The number of methoxy groups -OCH3 is 1. The number of rotatable bonds is 3. The van der Waals surface area contributed by atoms with Gasteiger partial charge in [-0.2, -0.15) is 5.26 Å². The smallest absolute Gasteiger partial charge is 0.408 e. The fraction of sp³-hybridized carbons (Fsp3) is 0.250. The van der Waals surface area contributed by atoms with Crippen LogP contribution in [0.4, 0.5) is 14.6 Å². The van der Waals surface area contributed by atoms with E-state index >= 15 is 0 Å². The first-order valence-corrected chi connectivity index (χ1v) is 3.92. The Labute approximate surface area is 88.2 Å². The van der Waals surface area contributed by atoms with E-state index in [1.165, 1.54) is 6.07 Å². The molecule has 84 valence electrons. The van der Waals surface area contributed by atoms with E-state index in [0.717, 1.165) is 13.2 Å². The van der Waals surface area contributed by atoms with Crippen molar-refractivity contribution in [3.05, 3.63) is 27.4 Å². The molecule has 0 spiro atoms. The van der Waals surface area contributed by atoms with Crippen LogP contribution in [0.1, 0.15) is 17.7 Å². The van der Waals surface area contributed by atoms with Gasteiger partial charge in [-0.05, 0) is 9.91 Å². The summed E-state index contributed by atoms with van der Waals surface area (Å²) in [5.74, 6) is -1.31. The maximum absolute atomic E-state index is 12.3. The predicted molar refractivity (Wildman–Crippen MR) is 47.1 cm³/mol. The van der Waals surface area contributed by atoms with E-state index in [4.69, 9.17) is 5.26 Å². The Bertz CT molecular complexity index is 470. The van der Waals surface area contributed by atoms with Crippen molar-refractivity contribution >= 4 is 5.82 Å². The monoisotopic (exact) mass is 229 g/mol. The zero-order valence-electron chi connectivity index (χ0n) is 7.98. The van der Waals surface area contributed by atoms with Gasteiger partial charge < -0.3 is 14.9 Å². The van der Waals surface area contributed by atoms with Crippen molar-refractivity contribution in [2.75, 3.05) is 7.11 Å². The molecule has 1 aromatic rings. The Balaban J connectivity index is 3.51. The zero-order chi connectivity index (χ0) is 12.3. The van der Waals surface area contributed by atoms with Gasteiger partial charge in [0.25, 0.3) is 0 Å². The number of nitro groups is 1. The SMILES string of the molecule is COc1c(C#N)cc(C(F)F)nc1[N+](=O)[O-]. The van der Waals surface area contributed by atoms with Crippen molar-refractivity contribution in [3.8, 4) is 11.8 Å². The molecule has 1 heterocycles. The highest BCUT2D eigenvalue weighted by Gasteiger charge is 2.27. The Hall–Kier alpha value is -2.30. The van der Waals surface area contributed by atoms with Crippen LogP contribution in [0.15, 0.2) is 6.07 Å². The molecule has 0 saturated carbocycles. The number of ether oxygens (including phenoxy) is 1. The predicted octanol–water partition coefficient (Wildman–Crippen LogP) is 1.81. The van der Waals surface area contributed by atoms with Crippen LogP contribution in [-0.4, -0.2) is 17.0 Å². The van der Waals surface area contributed by atoms with Gasteiger partial charge >= 0.3 is 12.2 Å². The molecule has 0 aliphatic heterocycles. The molecule has 8 heteroatoms. The fourth-order valence-corrected chi connectivity index (χ4v) is 1.06. The minimum absolute atomic E-state index is 0.348. The maximum atomic E-state index is 12.3. The van der Waals surface area contributed by atoms with Crippen molar-refractivity contribution in [2.45, 2.75) is 6.43 Å². The number of aromatic nitrogens is 1. The minimum Gasteiger partial charge on any atom is -0.488 e. The van der Waals surface area contributed by atoms with Crippen LogP contribution >= 0.6 is 0 Å². The summed E-state index contributed by atoms with van der Waals surface area (Å²) < 4.78 is 29.2. The first-order chi connectivity index (χ1) is 7.51. The summed E-state index contributed by atoms with van der Waals surface area (Å²) in [6.45, 7) is 0. The molecule has 0 atom stereocenters. The second-order valence-electron chi connectivity index (χ2n) is 2.62. The summed E-state index contributed by atoms with van der Waals surface area (Å²) in [4.78, 5) is 12.7. The van der Waals surface area contributed by atoms with E-state index in [9.17, 15) is 18.9 Å². The van der Waals surface area contributed by atoms with E-state index in [1.807, 2.05) is 0 Å². The number of alkyl halides is 2. The van der Waals surface area contributed by atoms with Crippen molar-refractivity contribution in [3.63, 3.8) is 0 Å². The van der Waals surface area contributed by atoms with Gasteiger partial charge in [0.1, 0.15) is 11.6 Å². The molecule has 0 aliphatic rings. The Morgan fingerprint density at radius 3 is 2.69 bits per heavy atom. The minimum atomic E-state index is -2.99. The molecule has 1 aromatic heterocycles. The summed E-state index contributed by atoms with van der Waals surface area (Å²) in [5, 5.41) is 19.2. The number of halogens is 2. The Kier molecular flexibility index (Phi) is 3.30. The lowest BCUT2D eigenvalue weighted by Crippen LogP contribution is -2.03. The molecule has 0 amide bonds. The third-order valence-electron chi connectivity index (χ3n) is 1.70. The fourth-order valence-electron chi connectivity index (χ4n) is 1.06. The third kappa shape index (κ3) is 2.03. The molecule has 16 heavy (non-hydrogen) atoms. The van der Waals surface area contributed by atoms with Gasteiger partial charge in [0, 0.05) is 6.07 Å². The Morgan fingerprint density at radius 2 is 2.31 bits per heavy atom. The van der Waals surface area contributed by atoms with Crippen molar-refractivity contribution in [2.24, 2.45) is 0 Å². The van der Waals surface area contributed by atoms with Crippen molar-refractivity contribution in [1.29, 1.82) is 5.26 Å². The van der Waals surface area contributed by atoms with Gasteiger partial charge in [-0.15, -0.1) is 0 Å². The van der Waals surface area contributed by atoms with Gasteiger partial charge in [-0.25, -0.2) is 8.78 Å². The highest BCUT2D eigenvalue weighted by atomic mass is 19.3. The maximum Gasteiger partial charge on any atom is 0.408 e. The molecule has 0 aliphatic carbocycles. The molecule has 0 aromatic carbocycles. The lowest BCUT2D eigenvalue weighted by atomic mass is 10.2. The first-order valence-electron chi connectivity index (χ1n) is 3.92. The van der Waals surface area contributed by atoms with Gasteiger partial charge in [-0.1, -0.05) is 0 Å². The van der Waals surface area contributed by atoms with E-state index < -0.39 is 28.6 Å². The van der Waals surface area contributed by atoms with Crippen LogP contribution in [0.5, 0.6) is 5.75 Å². The quantitative estimate of drug-likeness (QED) is 0.582. The van der Waals surface area contributed by atoms with Crippen molar-refractivity contribution < 1.29 is 18.4 Å². The topological polar surface area (TPSA) is 89.0 Å². The van der Waals surface area contributed by atoms with E-state index in [0.29, 0.717) is 0 Å². The molecular weight excluding hydrogens is 224 g/mol. The average Bonchev–Trinajstić information content (AvgIpc) is 2.26. The molecule has 0 unspecified atom stereocenters. The molecule has 6 nitrogen and oxygen atoms in total. The summed E-state index contributed by atoms with van der Waals surface area (Å²) in [5.41, 5.74) is -1.18.